The van der Waals surface area contributed by atoms with Crippen LogP contribution in [0.3, 0.4) is 0 Å². The molecule has 0 aromatic carbocycles. The molecule has 0 bridgehead atoms. The number of carbonyl (C=O) groups excluding carboxylic acids is 2. The van der Waals surface area contributed by atoms with Gasteiger partial charge in [-0.2, -0.15) is 5.10 Å². The van der Waals surface area contributed by atoms with Gasteiger partial charge in [0.15, 0.2) is 11.0 Å². The van der Waals surface area contributed by atoms with E-state index in [-0.39, 0.29) is 23.2 Å². The second-order valence-electron chi connectivity index (χ2n) is 4.30. The smallest absolute Gasteiger partial charge is 0.356 e. The molecule has 104 valence electrons. The summed E-state index contributed by atoms with van der Waals surface area (Å²) in [6, 6.07) is 3.25. The van der Waals surface area contributed by atoms with Crippen LogP contribution < -0.4 is 5.32 Å². The molecule has 20 heavy (non-hydrogen) atoms. The summed E-state index contributed by atoms with van der Waals surface area (Å²) >= 11 is 5.76. The topological polar surface area (TPSA) is 97.2 Å². The van der Waals surface area contributed by atoms with Gasteiger partial charge in [0.25, 0.3) is 0 Å². The maximum atomic E-state index is 11.7. The van der Waals surface area contributed by atoms with Crippen molar-refractivity contribution in [2.24, 2.45) is 0 Å². The molecule has 3 rings (SSSR count). The molecule has 2 N–H and O–H groups in total. The minimum Gasteiger partial charge on any atom is -0.464 e. The van der Waals surface area contributed by atoms with Crippen LogP contribution in [-0.2, 0) is 9.53 Å². The molecule has 7 nitrogen and oxygen atoms in total. The highest BCUT2D eigenvalue weighted by molar-refractivity contribution is 6.28. The van der Waals surface area contributed by atoms with Gasteiger partial charge in [-0.1, -0.05) is 0 Å². The predicted molar refractivity (Wildman–Crippen MR) is 68.7 cm³/mol. The van der Waals surface area contributed by atoms with Crippen molar-refractivity contribution in [1.29, 1.82) is 0 Å². The van der Waals surface area contributed by atoms with Crippen molar-refractivity contribution in [3.05, 3.63) is 34.4 Å². The number of nitrogens with zero attached hydrogens (tertiary/aromatic N) is 1. The maximum Gasteiger partial charge on any atom is 0.356 e. The minimum absolute atomic E-state index is 0.139. The van der Waals surface area contributed by atoms with Crippen molar-refractivity contribution in [2.75, 3.05) is 12.4 Å². The number of amides is 1. The van der Waals surface area contributed by atoms with Crippen LogP contribution in [0.1, 0.15) is 34.2 Å². The van der Waals surface area contributed by atoms with Crippen LogP contribution in [0.25, 0.3) is 0 Å². The lowest BCUT2D eigenvalue weighted by Gasteiger charge is -2.20. The quantitative estimate of drug-likeness (QED) is 0.825. The number of aromatic nitrogens is 2. The molecule has 3 heterocycles. The number of hydrogen-bond acceptors (Lipinski definition) is 5. The van der Waals surface area contributed by atoms with Crippen molar-refractivity contribution in [2.45, 2.75) is 12.3 Å². The molecule has 0 spiro atoms. The van der Waals surface area contributed by atoms with E-state index in [1.807, 2.05) is 0 Å². The molecule has 1 amide bonds. The highest BCUT2D eigenvalue weighted by Crippen LogP contribution is 2.39. The number of anilines is 1. The average molecular weight is 296 g/mol. The Balaban J connectivity index is 2.12. The lowest BCUT2D eigenvalue weighted by Crippen LogP contribution is -2.24. The fourth-order valence-electron chi connectivity index (χ4n) is 2.27. The summed E-state index contributed by atoms with van der Waals surface area (Å²) in [6.45, 7) is 0. The fourth-order valence-corrected chi connectivity index (χ4v) is 2.42. The number of rotatable bonds is 2. The van der Waals surface area contributed by atoms with Crippen LogP contribution in [0.2, 0.25) is 5.22 Å². The molecule has 1 aliphatic heterocycles. The van der Waals surface area contributed by atoms with Gasteiger partial charge in [0.2, 0.25) is 5.91 Å². The number of aromatic amines is 1. The van der Waals surface area contributed by atoms with E-state index >= 15 is 0 Å². The molecule has 1 atom stereocenters. The molecular weight excluding hydrogens is 286 g/mol. The third-order valence-corrected chi connectivity index (χ3v) is 3.33. The summed E-state index contributed by atoms with van der Waals surface area (Å²) in [5, 5.41) is 9.33. The van der Waals surface area contributed by atoms with E-state index in [1.54, 1.807) is 12.1 Å². The maximum absolute atomic E-state index is 11.7. The molecule has 0 saturated heterocycles. The third-order valence-electron chi connectivity index (χ3n) is 3.13. The van der Waals surface area contributed by atoms with Gasteiger partial charge in [-0.25, -0.2) is 4.79 Å². The first kappa shape index (κ1) is 12.7. The normalized spacial score (nSPS) is 17.5. The molecule has 0 radical (unpaired) electrons. The molecule has 0 fully saturated rings. The zero-order valence-corrected chi connectivity index (χ0v) is 11.2. The molecular formula is C12H10ClN3O4. The Morgan fingerprint density at radius 3 is 3.00 bits per heavy atom. The second-order valence-corrected chi connectivity index (χ2v) is 4.67. The van der Waals surface area contributed by atoms with E-state index < -0.39 is 11.9 Å². The van der Waals surface area contributed by atoms with Gasteiger partial charge in [-0.05, 0) is 23.7 Å². The van der Waals surface area contributed by atoms with Gasteiger partial charge in [-0.15, -0.1) is 0 Å². The molecule has 0 saturated carbocycles. The van der Waals surface area contributed by atoms with Gasteiger partial charge in [0.05, 0.1) is 13.0 Å². The number of carbonyl (C=O) groups is 2. The van der Waals surface area contributed by atoms with Crippen LogP contribution in [0, 0.1) is 0 Å². The molecule has 2 aromatic heterocycles. The van der Waals surface area contributed by atoms with Crippen molar-refractivity contribution in [3.63, 3.8) is 0 Å². The summed E-state index contributed by atoms with van der Waals surface area (Å²) in [5.41, 5.74) is 0.738. The largest absolute Gasteiger partial charge is 0.464 e. The molecule has 8 heteroatoms. The summed E-state index contributed by atoms with van der Waals surface area (Å²) < 4.78 is 10.1. The lowest BCUT2D eigenvalue weighted by atomic mass is 9.90. The van der Waals surface area contributed by atoms with E-state index in [2.05, 4.69) is 15.5 Å². The fraction of sp³-hybridized carbons (Fsp3) is 0.250. The zero-order valence-electron chi connectivity index (χ0n) is 10.4. The number of hydrogen-bond donors (Lipinski definition) is 2. The van der Waals surface area contributed by atoms with E-state index in [9.17, 15) is 9.59 Å². The van der Waals surface area contributed by atoms with Crippen LogP contribution in [0.4, 0.5) is 5.82 Å². The summed E-state index contributed by atoms with van der Waals surface area (Å²) in [5.74, 6) is -0.397. The highest BCUT2D eigenvalue weighted by Gasteiger charge is 2.35. The number of esters is 1. The number of fused-ring (bicyclic) bond motifs is 1. The Morgan fingerprint density at radius 1 is 1.55 bits per heavy atom. The first-order valence-corrected chi connectivity index (χ1v) is 6.19. The van der Waals surface area contributed by atoms with E-state index in [4.69, 9.17) is 20.8 Å². The number of furan rings is 1. The Morgan fingerprint density at radius 2 is 2.35 bits per heavy atom. The van der Waals surface area contributed by atoms with Crippen LogP contribution >= 0.6 is 11.6 Å². The van der Waals surface area contributed by atoms with E-state index in [0.717, 1.165) is 0 Å². The lowest BCUT2D eigenvalue weighted by molar-refractivity contribution is -0.116. The number of methoxy groups -OCH3 is 1. The summed E-state index contributed by atoms with van der Waals surface area (Å²) in [4.78, 5) is 23.5. The van der Waals surface area contributed by atoms with Crippen molar-refractivity contribution >= 4 is 29.3 Å². The van der Waals surface area contributed by atoms with Gasteiger partial charge in [0, 0.05) is 12.0 Å². The Bertz CT molecular complexity index is 691. The zero-order chi connectivity index (χ0) is 14.3. The standard InChI is InChI=1S/C12H10ClN3O4/c1-19-12(18)10-9-5(6-2-3-7(13)20-6)4-8(17)14-11(9)16-15-10/h2-3,5H,4H2,1H3,(H2,14,15,16,17). The Labute approximate surface area is 118 Å². The van der Waals surface area contributed by atoms with Crippen molar-refractivity contribution in [1.82, 2.24) is 10.2 Å². The van der Waals surface area contributed by atoms with Crippen LogP contribution in [0.15, 0.2) is 16.5 Å². The predicted octanol–water partition coefficient (Wildman–Crippen LogP) is 1.92. The second kappa shape index (κ2) is 4.68. The number of H-pyrrole nitrogens is 1. The Kier molecular flexibility index (Phi) is 2.98. The van der Waals surface area contributed by atoms with Gasteiger partial charge < -0.3 is 14.5 Å². The number of ether oxygens (including phenoxy) is 1. The first-order chi connectivity index (χ1) is 9.60. The minimum atomic E-state index is -0.558. The first-order valence-electron chi connectivity index (χ1n) is 5.81. The van der Waals surface area contributed by atoms with Gasteiger partial charge in [-0.3, -0.25) is 9.89 Å². The summed E-state index contributed by atoms with van der Waals surface area (Å²) in [7, 11) is 1.27. The van der Waals surface area contributed by atoms with Crippen molar-refractivity contribution in [3.8, 4) is 0 Å². The van der Waals surface area contributed by atoms with Gasteiger partial charge in [0.1, 0.15) is 11.5 Å². The Hall–Kier alpha value is -2.28. The number of nitrogens with one attached hydrogen (secondary N) is 2. The van der Waals surface area contributed by atoms with Crippen LogP contribution in [0.5, 0.6) is 0 Å². The van der Waals surface area contributed by atoms with Crippen molar-refractivity contribution < 1.29 is 18.7 Å². The monoisotopic (exact) mass is 295 g/mol. The van der Waals surface area contributed by atoms with Gasteiger partial charge >= 0.3 is 5.97 Å². The molecule has 1 aliphatic rings. The molecule has 0 aliphatic carbocycles. The molecule has 2 aromatic rings. The molecule has 1 unspecified atom stereocenters. The number of halogens is 1. The average Bonchev–Trinajstić information content (AvgIpc) is 3.03. The van der Waals surface area contributed by atoms with E-state index in [1.165, 1.54) is 7.11 Å². The summed E-state index contributed by atoms with van der Waals surface area (Å²) in [6.07, 6.45) is 0.139. The third kappa shape index (κ3) is 1.96. The highest BCUT2D eigenvalue weighted by atomic mass is 35.5. The van der Waals surface area contributed by atoms with E-state index in [0.29, 0.717) is 17.1 Å². The SMILES string of the molecule is COC(=O)c1[nH]nc2c1C(c1ccc(Cl)o1)CC(=O)N2. The van der Waals surface area contributed by atoms with Crippen LogP contribution in [-0.4, -0.2) is 29.2 Å².